The van der Waals surface area contributed by atoms with Crippen molar-refractivity contribution in [2.24, 2.45) is 0 Å². The van der Waals surface area contributed by atoms with Crippen LogP contribution in [0.1, 0.15) is 16.1 Å². The quantitative estimate of drug-likeness (QED) is 0.804. The molecule has 0 unspecified atom stereocenters. The summed E-state index contributed by atoms with van der Waals surface area (Å²) in [5, 5.41) is 2.98. The van der Waals surface area contributed by atoms with Crippen LogP contribution in [0, 0.1) is 6.92 Å². The number of rotatable bonds is 2. The molecule has 0 saturated heterocycles. The topological polar surface area (TPSA) is 81.2 Å². The van der Waals surface area contributed by atoms with E-state index in [0.29, 0.717) is 22.0 Å². The summed E-state index contributed by atoms with van der Waals surface area (Å²) >= 11 is 5.74. The maximum absolute atomic E-state index is 11.8. The lowest BCUT2D eigenvalue weighted by atomic mass is 10.2. The molecule has 6 heteroatoms. The van der Waals surface area contributed by atoms with E-state index in [-0.39, 0.29) is 11.9 Å². The maximum Gasteiger partial charge on any atom is 0.301 e. The lowest BCUT2D eigenvalue weighted by molar-refractivity contribution is 0.102. The number of aromatic nitrogens is 1. The van der Waals surface area contributed by atoms with Crippen LogP contribution in [0.25, 0.3) is 0 Å². The molecule has 17 heavy (non-hydrogen) atoms. The third kappa shape index (κ3) is 2.57. The van der Waals surface area contributed by atoms with Gasteiger partial charge in [-0.05, 0) is 25.1 Å². The molecule has 1 heterocycles. The second-order valence-electron chi connectivity index (χ2n) is 3.48. The summed E-state index contributed by atoms with van der Waals surface area (Å²) in [7, 11) is 0. The first-order chi connectivity index (χ1) is 8.06. The number of benzene rings is 1. The summed E-state index contributed by atoms with van der Waals surface area (Å²) in [6.07, 6.45) is 1.45. The van der Waals surface area contributed by atoms with Crippen molar-refractivity contribution >= 4 is 29.2 Å². The fourth-order valence-electron chi connectivity index (χ4n) is 1.32. The third-order valence-electron chi connectivity index (χ3n) is 2.10. The third-order valence-corrected chi connectivity index (χ3v) is 2.33. The van der Waals surface area contributed by atoms with Crippen molar-refractivity contribution in [3.05, 3.63) is 40.7 Å². The van der Waals surface area contributed by atoms with Gasteiger partial charge in [0, 0.05) is 10.7 Å². The Labute approximate surface area is 103 Å². The van der Waals surface area contributed by atoms with E-state index in [1.807, 2.05) is 0 Å². The van der Waals surface area contributed by atoms with E-state index in [1.54, 1.807) is 19.1 Å². The lowest BCUT2D eigenvalue weighted by Gasteiger charge is -2.04. The highest BCUT2D eigenvalue weighted by atomic mass is 35.5. The fourth-order valence-corrected chi connectivity index (χ4v) is 1.50. The molecule has 0 bridgehead atoms. The molecule has 0 saturated carbocycles. The van der Waals surface area contributed by atoms with E-state index >= 15 is 0 Å². The first kappa shape index (κ1) is 11.5. The van der Waals surface area contributed by atoms with Crippen molar-refractivity contribution < 1.29 is 9.21 Å². The number of hydrogen-bond acceptors (Lipinski definition) is 4. The van der Waals surface area contributed by atoms with E-state index in [1.165, 1.54) is 12.3 Å². The zero-order chi connectivity index (χ0) is 12.4. The van der Waals surface area contributed by atoms with E-state index in [4.69, 9.17) is 21.8 Å². The van der Waals surface area contributed by atoms with Gasteiger partial charge >= 0.3 is 6.01 Å². The smallest absolute Gasteiger partial charge is 0.301 e. The molecule has 88 valence electrons. The van der Waals surface area contributed by atoms with Gasteiger partial charge in [-0.2, -0.15) is 4.98 Å². The predicted octanol–water partition coefficient (Wildman–Crippen LogP) is 2.47. The normalized spacial score (nSPS) is 10.2. The second-order valence-corrected chi connectivity index (χ2v) is 3.92. The molecule has 0 aliphatic carbocycles. The van der Waals surface area contributed by atoms with Gasteiger partial charge in [0.1, 0.15) is 6.26 Å². The van der Waals surface area contributed by atoms with Crippen molar-refractivity contribution in [2.75, 3.05) is 11.1 Å². The minimum atomic E-state index is -0.388. The number of hydrogen-bond donors (Lipinski definition) is 2. The molecule has 0 fully saturated rings. The Kier molecular flexibility index (Phi) is 3.01. The molecule has 1 amide bonds. The number of carbonyl (C=O) groups is 1. The molecule has 3 N–H and O–H groups in total. The van der Waals surface area contributed by atoms with Crippen LogP contribution in [0.5, 0.6) is 0 Å². The monoisotopic (exact) mass is 251 g/mol. The van der Waals surface area contributed by atoms with Crippen LogP contribution >= 0.6 is 11.6 Å². The summed E-state index contributed by atoms with van der Waals surface area (Å²) in [5.41, 5.74) is 7.00. The van der Waals surface area contributed by atoms with Gasteiger partial charge in [-0.3, -0.25) is 10.1 Å². The minimum Gasteiger partial charge on any atom is -0.432 e. The summed E-state index contributed by atoms with van der Waals surface area (Å²) in [6, 6.07) is 4.79. The van der Waals surface area contributed by atoms with Crippen molar-refractivity contribution in [1.82, 2.24) is 4.98 Å². The Balaban J connectivity index is 2.20. The van der Waals surface area contributed by atoms with Crippen LogP contribution in [0.4, 0.5) is 11.7 Å². The summed E-state index contributed by atoms with van der Waals surface area (Å²) < 4.78 is 5.01. The highest BCUT2D eigenvalue weighted by molar-refractivity contribution is 6.31. The number of amides is 1. The standard InChI is InChI=1S/C11H10ClN3O2/c1-6-5-17-11(14-6)15-10(16)8-3-2-7(12)4-9(8)13/h2-5H,13H2,1H3,(H,14,15,16). The predicted molar refractivity (Wildman–Crippen MR) is 65.1 cm³/mol. The van der Waals surface area contributed by atoms with Crippen LogP contribution in [-0.2, 0) is 0 Å². The van der Waals surface area contributed by atoms with Gasteiger partial charge in [-0.1, -0.05) is 11.6 Å². The molecule has 2 rings (SSSR count). The van der Waals surface area contributed by atoms with Crippen LogP contribution in [-0.4, -0.2) is 10.9 Å². The number of carbonyl (C=O) groups excluding carboxylic acids is 1. The van der Waals surface area contributed by atoms with Crippen molar-refractivity contribution in [1.29, 1.82) is 0 Å². The number of anilines is 2. The number of nitrogens with two attached hydrogens (primary N) is 1. The molecule has 5 nitrogen and oxygen atoms in total. The summed E-state index contributed by atoms with van der Waals surface area (Å²) in [5.74, 6) is -0.388. The van der Waals surface area contributed by atoms with Gasteiger partial charge in [0.2, 0.25) is 0 Å². The molecule has 0 aliphatic heterocycles. The highest BCUT2D eigenvalue weighted by Gasteiger charge is 2.12. The molecular weight excluding hydrogens is 242 g/mol. The lowest BCUT2D eigenvalue weighted by Crippen LogP contribution is -2.14. The molecule has 0 spiro atoms. The SMILES string of the molecule is Cc1coc(NC(=O)c2ccc(Cl)cc2N)n1. The van der Waals surface area contributed by atoms with Crippen LogP contribution < -0.4 is 11.1 Å². The Bertz CT molecular complexity index is 566. The number of aryl methyl sites for hydroxylation is 1. The van der Waals surface area contributed by atoms with Crippen LogP contribution in [0.3, 0.4) is 0 Å². The summed E-state index contributed by atoms with van der Waals surface area (Å²) in [4.78, 5) is 15.8. The van der Waals surface area contributed by atoms with Gasteiger partial charge in [0.25, 0.3) is 5.91 Å². The summed E-state index contributed by atoms with van der Waals surface area (Å²) in [6.45, 7) is 1.76. The largest absolute Gasteiger partial charge is 0.432 e. The van der Waals surface area contributed by atoms with Crippen LogP contribution in [0.15, 0.2) is 28.9 Å². The van der Waals surface area contributed by atoms with Crippen LogP contribution in [0.2, 0.25) is 5.02 Å². The highest BCUT2D eigenvalue weighted by Crippen LogP contribution is 2.19. The molecule has 0 aliphatic rings. The van der Waals surface area contributed by atoms with Gasteiger partial charge < -0.3 is 10.2 Å². The van der Waals surface area contributed by atoms with E-state index in [9.17, 15) is 4.79 Å². The number of nitrogens with one attached hydrogen (secondary N) is 1. The Morgan fingerprint density at radius 2 is 2.29 bits per heavy atom. The van der Waals surface area contributed by atoms with Crippen molar-refractivity contribution in [3.63, 3.8) is 0 Å². The average Bonchev–Trinajstić information content (AvgIpc) is 2.63. The first-order valence-corrected chi connectivity index (χ1v) is 5.22. The fraction of sp³-hybridized carbons (Fsp3) is 0.0909. The number of oxazole rings is 1. The average molecular weight is 252 g/mol. The van der Waals surface area contributed by atoms with Gasteiger partial charge in [-0.25, -0.2) is 0 Å². The zero-order valence-corrected chi connectivity index (χ0v) is 9.78. The molecule has 0 atom stereocenters. The Hall–Kier alpha value is -2.01. The molecule has 0 radical (unpaired) electrons. The molecular formula is C11H10ClN3O2. The zero-order valence-electron chi connectivity index (χ0n) is 9.03. The maximum atomic E-state index is 11.8. The number of nitrogen functional groups attached to an aromatic ring is 1. The Morgan fingerprint density at radius 3 is 2.88 bits per heavy atom. The first-order valence-electron chi connectivity index (χ1n) is 4.85. The molecule has 2 aromatic rings. The Morgan fingerprint density at radius 1 is 1.53 bits per heavy atom. The van der Waals surface area contributed by atoms with Gasteiger partial charge in [0.15, 0.2) is 0 Å². The van der Waals surface area contributed by atoms with Gasteiger partial charge in [-0.15, -0.1) is 0 Å². The van der Waals surface area contributed by atoms with E-state index in [2.05, 4.69) is 10.3 Å². The van der Waals surface area contributed by atoms with E-state index < -0.39 is 0 Å². The van der Waals surface area contributed by atoms with Crippen molar-refractivity contribution in [2.45, 2.75) is 6.92 Å². The minimum absolute atomic E-state index is 0.141. The van der Waals surface area contributed by atoms with E-state index in [0.717, 1.165) is 0 Å². The molecule has 1 aromatic carbocycles. The number of halogens is 1. The number of nitrogens with zero attached hydrogens (tertiary/aromatic N) is 1. The van der Waals surface area contributed by atoms with Crippen molar-refractivity contribution in [3.8, 4) is 0 Å². The second kappa shape index (κ2) is 4.47. The molecule has 1 aromatic heterocycles. The van der Waals surface area contributed by atoms with Gasteiger partial charge in [0.05, 0.1) is 11.3 Å².